The van der Waals surface area contributed by atoms with Gasteiger partial charge in [-0.2, -0.15) is 0 Å². The third-order valence-electron chi connectivity index (χ3n) is 4.34. The molecule has 1 aliphatic rings. The minimum atomic E-state index is 0.587. The Labute approximate surface area is 128 Å². The highest BCUT2D eigenvalue weighted by molar-refractivity contribution is 6.30. The molecule has 1 aliphatic heterocycles. The van der Waals surface area contributed by atoms with E-state index in [4.69, 9.17) is 11.6 Å². The lowest BCUT2D eigenvalue weighted by Crippen LogP contribution is -2.59. The monoisotopic (exact) mass is 294 g/mol. The second-order valence-electron chi connectivity index (χ2n) is 6.63. The summed E-state index contributed by atoms with van der Waals surface area (Å²) in [6.45, 7) is 12.4. The van der Waals surface area contributed by atoms with Crippen LogP contribution in [0.1, 0.15) is 33.3 Å². The van der Waals surface area contributed by atoms with Crippen molar-refractivity contribution in [2.45, 2.75) is 46.3 Å². The van der Waals surface area contributed by atoms with E-state index in [9.17, 15) is 0 Å². The van der Waals surface area contributed by atoms with Crippen molar-refractivity contribution in [3.63, 3.8) is 0 Å². The van der Waals surface area contributed by atoms with Crippen LogP contribution in [0.5, 0.6) is 0 Å². The van der Waals surface area contributed by atoms with Gasteiger partial charge in [-0.3, -0.25) is 4.90 Å². The van der Waals surface area contributed by atoms with Crippen molar-refractivity contribution in [1.82, 2.24) is 10.2 Å². The molecule has 2 nitrogen and oxygen atoms in total. The number of hydrogen-bond acceptors (Lipinski definition) is 2. The molecule has 2 atom stereocenters. The Morgan fingerprint density at radius 3 is 2.60 bits per heavy atom. The number of nitrogens with zero attached hydrogens (tertiary/aromatic N) is 1. The van der Waals surface area contributed by atoms with Crippen LogP contribution in [-0.2, 0) is 6.54 Å². The van der Waals surface area contributed by atoms with Gasteiger partial charge in [0.05, 0.1) is 0 Å². The smallest absolute Gasteiger partial charge is 0.0409 e. The second kappa shape index (κ2) is 6.93. The average molecular weight is 295 g/mol. The van der Waals surface area contributed by atoms with E-state index in [0.717, 1.165) is 24.7 Å². The molecule has 0 amide bonds. The summed E-state index contributed by atoms with van der Waals surface area (Å²) in [4.78, 5) is 2.62. The second-order valence-corrected chi connectivity index (χ2v) is 7.07. The standard InChI is InChI=1S/C17H27ClN2/c1-12(2)16-11-20(17(9-19-16)13(3)4)10-14-6-5-7-15(18)8-14/h5-8,12-13,16-17,19H,9-11H2,1-4H3. The van der Waals surface area contributed by atoms with Gasteiger partial charge in [-0.05, 0) is 29.5 Å². The van der Waals surface area contributed by atoms with Crippen molar-refractivity contribution < 1.29 is 0 Å². The van der Waals surface area contributed by atoms with E-state index >= 15 is 0 Å². The van der Waals surface area contributed by atoms with E-state index in [1.54, 1.807) is 0 Å². The number of halogens is 1. The van der Waals surface area contributed by atoms with Crippen LogP contribution in [0, 0.1) is 11.8 Å². The van der Waals surface area contributed by atoms with E-state index in [0.29, 0.717) is 23.9 Å². The molecule has 20 heavy (non-hydrogen) atoms. The third kappa shape index (κ3) is 3.97. The van der Waals surface area contributed by atoms with E-state index in [1.165, 1.54) is 5.56 Å². The zero-order valence-electron chi connectivity index (χ0n) is 13.1. The highest BCUT2D eigenvalue weighted by Gasteiger charge is 2.30. The lowest BCUT2D eigenvalue weighted by molar-refractivity contribution is 0.0784. The quantitative estimate of drug-likeness (QED) is 0.909. The molecule has 0 aromatic heterocycles. The number of rotatable bonds is 4. The van der Waals surface area contributed by atoms with Gasteiger partial charge in [-0.25, -0.2) is 0 Å². The molecule has 1 fully saturated rings. The van der Waals surface area contributed by atoms with Crippen molar-refractivity contribution in [2.75, 3.05) is 13.1 Å². The van der Waals surface area contributed by atoms with E-state index in [-0.39, 0.29) is 0 Å². The Morgan fingerprint density at radius 1 is 1.25 bits per heavy atom. The molecule has 1 N–H and O–H groups in total. The molecule has 1 aromatic rings. The summed E-state index contributed by atoms with van der Waals surface area (Å²) in [5.74, 6) is 1.33. The van der Waals surface area contributed by atoms with Crippen LogP contribution in [-0.4, -0.2) is 30.1 Å². The van der Waals surface area contributed by atoms with Crippen LogP contribution in [0.3, 0.4) is 0 Å². The Bertz CT molecular complexity index is 431. The predicted molar refractivity (Wildman–Crippen MR) is 87.1 cm³/mol. The number of hydrogen-bond donors (Lipinski definition) is 1. The predicted octanol–water partition coefficient (Wildman–Crippen LogP) is 3.79. The Morgan fingerprint density at radius 2 is 2.00 bits per heavy atom. The highest BCUT2D eigenvalue weighted by atomic mass is 35.5. The first kappa shape index (κ1) is 15.8. The van der Waals surface area contributed by atoms with Crippen molar-refractivity contribution in [2.24, 2.45) is 11.8 Å². The highest BCUT2D eigenvalue weighted by Crippen LogP contribution is 2.21. The number of nitrogens with one attached hydrogen (secondary N) is 1. The topological polar surface area (TPSA) is 15.3 Å². The lowest BCUT2D eigenvalue weighted by atomic mass is 9.94. The molecule has 2 unspecified atom stereocenters. The van der Waals surface area contributed by atoms with Gasteiger partial charge in [0.1, 0.15) is 0 Å². The summed E-state index contributed by atoms with van der Waals surface area (Å²) >= 11 is 6.11. The summed E-state index contributed by atoms with van der Waals surface area (Å²) in [5.41, 5.74) is 1.31. The Hall–Kier alpha value is -0.570. The molecular weight excluding hydrogens is 268 g/mol. The molecule has 1 heterocycles. The first-order chi connectivity index (χ1) is 9.47. The van der Waals surface area contributed by atoms with Gasteiger partial charge in [-0.15, -0.1) is 0 Å². The third-order valence-corrected chi connectivity index (χ3v) is 4.57. The molecule has 3 heteroatoms. The molecule has 0 saturated carbocycles. The van der Waals surface area contributed by atoms with Crippen LogP contribution in [0.2, 0.25) is 5.02 Å². The molecule has 0 radical (unpaired) electrons. The first-order valence-electron chi connectivity index (χ1n) is 7.69. The Balaban J connectivity index is 2.11. The molecular formula is C17H27ClN2. The molecule has 0 aliphatic carbocycles. The zero-order valence-corrected chi connectivity index (χ0v) is 13.8. The summed E-state index contributed by atoms with van der Waals surface area (Å²) in [5, 5.41) is 4.54. The summed E-state index contributed by atoms with van der Waals surface area (Å²) in [6.07, 6.45) is 0. The maximum atomic E-state index is 6.11. The minimum absolute atomic E-state index is 0.587. The van der Waals surface area contributed by atoms with Crippen molar-refractivity contribution >= 4 is 11.6 Å². The number of piperazine rings is 1. The van der Waals surface area contributed by atoms with E-state index in [1.807, 2.05) is 12.1 Å². The average Bonchev–Trinajstić information content (AvgIpc) is 2.38. The van der Waals surface area contributed by atoms with Gasteiger partial charge in [0, 0.05) is 36.7 Å². The molecule has 2 rings (SSSR count). The fraction of sp³-hybridized carbons (Fsp3) is 0.647. The summed E-state index contributed by atoms with van der Waals surface area (Å²) in [6, 6.07) is 9.44. The lowest BCUT2D eigenvalue weighted by Gasteiger charge is -2.43. The van der Waals surface area contributed by atoms with Crippen LogP contribution in [0.15, 0.2) is 24.3 Å². The first-order valence-corrected chi connectivity index (χ1v) is 8.07. The van der Waals surface area contributed by atoms with Gasteiger partial charge in [0.2, 0.25) is 0 Å². The summed E-state index contributed by atoms with van der Waals surface area (Å²) < 4.78 is 0. The largest absolute Gasteiger partial charge is 0.311 e. The van der Waals surface area contributed by atoms with E-state index < -0.39 is 0 Å². The van der Waals surface area contributed by atoms with Crippen molar-refractivity contribution in [3.8, 4) is 0 Å². The molecule has 112 valence electrons. The Kier molecular flexibility index (Phi) is 5.48. The normalized spacial score (nSPS) is 24.6. The van der Waals surface area contributed by atoms with Gasteiger partial charge in [0.25, 0.3) is 0 Å². The molecule has 1 saturated heterocycles. The van der Waals surface area contributed by atoms with Gasteiger partial charge >= 0.3 is 0 Å². The van der Waals surface area contributed by atoms with Crippen molar-refractivity contribution in [1.29, 1.82) is 0 Å². The SMILES string of the molecule is CC(C)C1CN(Cc2cccc(Cl)c2)C(C(C)C)CN1. The van der Waals surface area contributed by atoms with E-state index in [2.05, 4.69) is 50.0 Å². The van der Waals surface area contributed by atoms with Gasteiger partial charge < -0.3 is 5.32 Å². The van der Waals surface area contributed by atoms with Gasteiger partial charge in [0.15, 0.2) is 0 Å². The molecule has 0 bridgehead atoms. The van der Waals surface area contributed by atoms with Crippen LogP contribution in [0.25, 0.3) is 0 Å². The fourth-order valence-electron chi connectivity index (χ4n) is 3.01. The van der Waals surface area contributed by atoms with Crippen LogP contribution >= 0.6 is 11.6 Å². The fourth-order valence-corrected chi connectivity index (χ4v) is 3.22. The van der Waals surface area contributed by atoms with Gasteiger partial charge in [-0.1, -0.05) is 51.4 Å². The summed E-state index contributed by atoms with van der Waals surface area (Å²) in [7, 11) is 0. The maximum absolute atomic E-state index is 6.11. The zero-order chi connectivity index (χ0) is 14.7. The molecule has 0 spiro atoms. The van der Waals surface area contributed by atoms with Crippen LogP contribution < -0.4 is 5.32 Å². The van der Waals surface area contributed by atoms with Crippen LogP contribution in [0.4, 0.5) is 0 Å². The molecule has 1 aromatic carbocycles. The maximum Gasteiger partial charge on any atom is 0.0409 e. The minimum Gasteiger partial charge on any atom is -0.311 e. The van der Waals surface area contributed by atoms with Crippen molar-refractivity contribution in [3.05, 3.63) is 34.9 Å². The number of benzene rings is 1.